The molecule has 5 nitrogen and oxygen atoms in total. The Bertz CT molecular complexity index is 959. The number of para-hydroxylation sites is 1. The summed E-state index contributed by atoms with van der Waals surface area (Å²) in [4.78, 5) is 28.4. The number of anilines is 2. The Morgan fingerprint density at radius 2 is 1.42 bits per heavy atom. The highest BCUT2D eigenvalue weighted by Crippen LogP contribution is 2.15. The van der Waals surface area contributed by atoms with Crippen LogP contribution in [0.1, 0.15) is 20.7 Å². The summed E-state index contributed by atoms with van der Waals surface area (Å²) in [7, 11) is 0. The van der Waals surface area contributed by atoms with Gasteiger partial charge in [-0.05, 0) is 42.5 Å². The first kappa shape index (κ1) is 17.2. The van der Waals surface area contributed by atoms with E-state index in [1.54, 1.807) is 6.07 Å². The van der Waals surface area contributed by atoms with Crippen LogP contribution in [-0.2, 0) is 0 Å². The van der Waals surface area contributed by atoms with Crippen molar-refractivity contribution in [2.45, 2.75) is 0 Å². The second-order valence-corrected chi connectivity index (χ2v) is 5.36. The van der Waals surface area contributed by atoms with Crippen LogP contribution in [-0.4, -0.2) is 16.8 Å². The summed E-state index contributed by atoms with van der Waals surface area (Å²) in [6.45, 7) is 0. The quantitative estimate of drug-likeness (QED) is 0.748. The van der Waals surface area contributed by atoms with E-state index in [0.717, 1.165) is 0 Å². The van der Waals surface area contributed by atoms with Gasteiger partial charge in [0.15, 0.2) is 0 Å². The van der Waals surface area contributed by atoms with Gasteiger partial charge in [-0.3, -0.25) is 14.6 Å². The summed E-state index contributed by atoms with van der Waals surface area (Å²) >= 11 is 0. The van der Waals surface area contributed by atoms with Crippen molar-refractivity contribution in [2.75, 3.05) is 10.6 Å². The Labute approximate surface area is 147 Å². The molecular formula is C19H13F2N3O2. The molecule has 26 heavy (non-hydrogen) atoms. The van der Waals surface area contributed by atoms with Crippen molar-refractivity contribution in [1.82, 2.24) is 4.98 Å². The number of hydrogen-bond donors (Lipinski definition) is 2. The third-order valence-corrected chi connectivity index (χ3v) is 3.49. The Kier molecular flexibility index (Phi) is 4.98. The molecule has 0 fully saturated rings. The maximum Gasteiger partial charge on any atom is 0.257 e. The van der Waals surface area contributed by atoms with Crippen molar-refractivity contribution in [3.63, 3.8) is 0 Å². The first-order chi connectivity index (χ1) is 12.5. The van der Waals surface area contributed by atoms with Crippen molar-refractivity contribution < 1.29 is 18.4 Å². The van der Waals surface area contributed by atoms with Gasteiger partial charge in [-0.2, -0.15) is 0 Å². The molecule has 7 heteroatoms. The lowest BCUT2D eigenvalue weighted by atomic mass is 10.1. The Balaban J connectivity index is 1.75. The molecule has 130 valence electrons. The first-order valence-corrected chi connectivity index (χ1v) is 7.61. The highest BCUT2D eigenvalue weighted by molar-refractivity contribution is 6.08. The lowest BCUT2D eigenvalue weighted by Crippen LogP contribution is -2.16. The topological polar surface area (TPSA) is 71.1 Å². The van der Waals surface area contributed by atoms with Crippen LogP contribution < -0.4 is 10.6 Å². The molecule has 2 amide bonds. The molecule has 0 radical (unpaired) electrons. The highest BCUT2D eigenvalue weighted by Gasteiger charge is 2.13. The number of rotatable bonds is 4. The molecule has 3 aromatic rings. The van der Waals surface area contributed by atoms with E-state index in [0.29, 0.717) is 5.69 Å². The van der Waals surface area contributed by atoms with Crippen LogP contribution in [0.3, 0.4) is 0 Å². The molecule has 0 aliphatic rings. The van der Waals surface area contributed by atoms with Crippen LogP contribution in [0.2, 0.25) is 0 Å². The maximum atomic E-state index is 13.6. The lowest BCUT2D eigenvalue weighted by Gasteiger charge is -2.08. The Hall–Kier alpha value is -3.61. The van der Waals surface area contributed by atoms with Gasteiger partial charge in [0.1, 0.15) is 11.6 Å². The number of carbonyl (C=O) groups excluding carboxylic acids is 2. The second kappa shape index (κ2) is 7.52. The largest absolute Gasteiger partial charge is 0.322 e. The predicted molar refractivity (Wildman–Crippen MR) is 92.9 cm³/mol. The fourth-order valence-corrected chi connectivity index (χ4v) is 2.18. The van der Waals surface area contributed by atoms with E-state index in [-0.39, 0.29) is 16.8 Å². The minimum Gasteiger partial charge on any atom is -0.322 e. The molecule has 0 spiro atoms. The Morgan fingerprint density at radius 3 is 2.08 bits per heavy atom. The number of benzene rings is 2. The summed E-state index contributed by atoms with van der Waals surface area (Å²) in [5, 5.41) is 4.99. The summed E-state index contributed by atoms with van der Waals surface area (Å²) in [6.07, 6.45) is 2.56. The smallest absolute Gasteiger partial charge is 0.257 e. The van der Waals surface area contributed by atoms with Crippen LogP contribution in [0.5, 0.6) is 0 Å². The van der Waals surface area contributed by atoms with Crippen LogP contribution in [0.4, 0.5) is 20.2 Å². The molecule has 0 unspecified atom stereocenters. The first-order valence-electron chi connectivity index (χ1n) is 7.61. The van der Waals surface area contributed by atoms with E-state index < -0.39 is 23.4 Å². The molecule has 1 aromatic heterocycles. The summed E-state index contributed by atoms with van der Waals surface area (Å²) in [5.74, 6) is -2.10. The average Bonchev–Trinajstić information content (AvgIpc) is 2.65. The van der Waals surface area contributed by atoms with Gasteiger partial charge in [-0.1, -0.05) is 12.1 Å². The van der Waals surface area contributed by atoms with E-state index in [9.17, 15) is 18.4 Å². The van der Waals surface area contributed by atoms with Crippen molar-refractivity contribution in [2.24, 2.45) is 0 Å². The molecular weight excluding hydrogens is 340 g/mol. The molecule has 0 saturated carbocycles. The molecule has 0 bridgehead atoms. The Morgan fingerprint density at radius 1 is 0.808 bits per heavy atom. The van der Waals surface area contributed by atoms with Crippen LogP contribution in [0, 0.1) is 11.6 Å². The monoisotopic (exact) mass is 353 g/mol. The highest BCUT2D eigenvalue weighted by atomic mass is 19.1. The molecule has 2 N–H and O–H groups in total. The van der Waals surface area contributed by atoms with E-state index >= 15 is 0 Å². The van der Waals surface area contributed by atoms with E-state index in [1.807, 2.05) is 0 Å². The van der Waals surface area contributed by atoms with Gasteiger partial charge in [0.25, 0.3) is 11.8 Å². The van der Waals surface area contributed by atoms with Gasteiger partial charge >= 0.3 is 0 Å². The molecule has 0 aliphatic carbocycles. The fraction of sp³-hybridized carbons (Fsp3) is 0. The third-order valence-electron chi connectivity index (χ3n) is 3.49. The normalized spacial score (nSPS) is 10.2. The van der Waals surface area contributed by atoms with E-state index in [2.05, 4.69) is 15.6 Å². The maximum absolute atomic E-state index is 13.6. The molecule has 3 rings (SSSR count). The predicted octanol–water partition coefficient (Wildman–Crippen LogP) is 3.86. The van der Waals surface area contributed by atoms with E-state index in [1.165, 1.54) is 60.9 Å². The minimum absolute atomic E-state index is 0.0265. The van der Waals surface area contributed by atoms with Crippen LogP contribution in [0.25, 0.3) is 0 Å². The van der Waals surface area contributed by atoms with Gasteiger partial charge in [-0.25, -0.2) is 8.78 Å². The molecule has 1 heterocycles. The number of amides is 2. The summed E-state index contributed by atoms with van der Waals surface area (Å²) in [5.41, 5.74) is 0.659. The minimum atomic E-state index is -0.598. The average molecular weight is 353 g/mol. The summed E-state index contributed by atoms with van der Waals surface area (Å²) in [6, 6.07) is 12.3. The second-order valence-electron chi connectivity index (χ2n) is 5.36. The number of nitrogens with one attached hydrogen (secondary N) is 2. The zero-order chi connectivity index (χ0) is 18.5. The molecule has 0 atom stereocenters. The molecule has 0 aliphatic heterocycles. The lowest BCUT2D eigenvalue weighted by molar-refractivity contribution is 0.102. The summed E-state index contributed by atoms with van der Waals surface area (Å²) < 4.78 is 26.5. The SMILES string of the molecule is O=C(Nc1ccc(F)cc1)c1cncc(C(=O)Nc2ccccc2F)c1. The number of halogens is 2. The van der Waals surface area contributed by atoms with E-state index in [4.69, 9.17) is 0 Å². The van der Waals surface area contributed by atoms with Gasteiger partial charge in [0.2, 0.25) is 0 Å². The van der Waals surface area contributed by atoms with Crippen LogP contribution in [0.15, 0.2) is 67.0 Å². The number of hydrogen-bond acceptors (Lipinski definition) is 3. The molecule has 0 saturated heterocycles. The van der Waals surface area contributed by atoms with Crippen molar-refractivity contribution >= 4 is 23.2 Å². The van der Waals surface area contributed by atoms with Gasteiger partial charge < -0.3 is 10.6 Å². The van der Waals surface area contributed by atoms with Gasteiger partial charge in [0, 0.05) is 18.1 Å². The van der Waals surface area contributed by atoms with Crippen molar-refractivity contribution in [3.8, 4) is 0 Å². The molecule has 2 aromatic carbocycles. The van der Waals surface area contributed by atoms with Gasteiger partial charge in [0.05, 0.1) is 16.8 Å². The standard InChI is InChI=1S/C19H13F2N3O2/c20-14-5-7-15(8-6-14)23-18(25)12-9-13(11-22-10-12)19(26)24-17-4-2-1-3-16(17)21/h1-11H,(H,23,25)(H,24,26). The van der Waals surface area contributed by atoms with Crippen molar-refractivity contribution in [1.29, 1.82) is 0 Å². The number of aromatic nitrogens is 1. The van der Waals surface area contributed by atoms with Crippen molar-refractivity contribution in [3.05, 3.63) is 89.8 Å². The zero-order valence-corrected chi connectivity index (χ0v) is 13.4. The number of carbonyl (C=O) groups is 2. The number of nitrogens with zero attached hydrogens (tertiary/aromatic N) is 1. The third kappa shape index (κ3) is 4.07. The number of pyridine rings is 1. The zero-order valence-electron chi connectivity index (χ0n) is 13.4. The van der Waals surface area contributed by atoms with Gasteiger partial charge in [-0.15, -0.1) is 0 Å². The fourth-order valence-electron chi connectivity index (χ4n) is 2.18. The van der Waals surface area contributed by atoms with Crippen LogP contribution >= 0.6 is 0 Å².